The summed E-state index contributed by atoms with van der Waals surface area (Å²) in [6.07, 6.45) is 1.72. The predicted octanol–water partition coefficient (Wildman–Crippen LogP) is 3.20. The molecule has 0 amide bonds. The van der Waals surface area contributed by atoms with Crippen molar-refractivity contribution in [1.82, 2.24) is 14.5 Å². The van der Waals surface area contributed by atoms with Crippen LogP contribution in [0.1, 0.15) is 34.4 Å². The number of hydrogen-bond acceptors (Lipinski definition) is 4. The molecule has 0 aliphatic heterocycles. The van der Waals surface area contributed by atoms with Gasteiger partial charge >= 0.3 is 0 Å². The van der Waals surface area contributed by atoms with Crippen LogP contribution in [0.3, 0.4) is 0 Å². The van der Waals surface area contributed by atoms with Crippen LogP contribution in [0, 0.1) is 20.8 Å². The van der Waals surface area contributed by atoms with E-state index >= 15 is 0 Å². The standard InChI is InChI=1S/C15H19N3OS/c1-5-18-11(3)8-13(12(18)4)14(19)9-20-15-16-7-6-10(2)17-15/h6-8H,5,9H2,1-4H3. The van der Waals surface area contributed by atoms with Crippen LogP contribution in [-0.2, 0) is 6.54 Å². The largest absolute Gasteiger partial charge is 0.349 e. The van der Waals surface area contributed by atoms with Crippen molar-refractivity contribution in [3.8, 4) is 0 Å². The van der Waals surface area contributed by atoms with Gasteiger partial charge in [0, 0.05) is 35.4 Å². The number of thioether (sulfide) groups is 1. The second-order valence-corrected chi connectivity index (χ2v) is 5.66. The van der Waals surface area contributed by atoms with E-state index in [9.17, 15) is 4.79 Å². The van der Waals surface area contributed by atoms with Gasteiger partial charge in [0.15, 0.2) is 10.9 Å². The Morgan fingerprint density at radius 2 is 2.10 bits per heavy atom. The highest BCUT2D eigenvalue weighted by molar-refractivity contribution is 7.99. The number of ketones is 1. The minimum atomic E-state index is 0.132. The van der Waals surface area contributed by atoms with Crippen molar-refractivity contribution in [1.29, 1.82) is 0 Å². The molecule has 0 saturated heterocycles. The smallest absolute Gasteiger partial charge is 0.188 e. The molecule has 4 nitrogen and oxygen atoms in total. The third-order valence-corrected chi connectivity index (χ3v) is 4.16. The van der Waals surface area contributed by atoms with Crippen LogP contribution in [-0.4, -0.2) is 26.1 Å². The number of hydrogen-bond donors (Lipinski definition) is 0. The van der Waals surface area contributed by atoms with Crippen molar-refractivity contribution in [3.05, 3.63) is 41.0 Å². The van der Waals surface area contributed by atoms with Crippen molar-refractivity contribution in [2.45, 2.75) is 39.4 Å². The van der Waals surface area contributed by atoms with E-state index in [0.29, 0.717) is 10.9 Å². The van der Waals surface area contributed by atoms with E-state index in [-0.39, 0.29) is 5.78 Å². The number of nitrogens with zero attached hydrogens (tertiary/aromatic N) is 3. The van der Waals surface area contributed by atoms with Crippen LogP contribution in [0.15, 0.2) is 23.5 Å². The Morgan fingerprint density at radius 3 is 2.70 bits per heavy atom. The molecule has 0 aliphatic carbocycles. The van der Waals surface area contributed by atoms with E-state index < -0.39 is 0 Å². The summed E-state index contributed by atoms with van der Waals surface area (Å²) >= 11 is 1.39. The van der Waals surface area contributed by atoms with Crippen molar-refractivity contribution in [3.63, 3.8) is 0 Å². The Balaban J connectivity index is 2.09. The minimum Gasteiger partial charge on any atom is -0.349 e. The summed E-state index contributed by atoms with van der Waals surface area (Å²) in [5, 5.41) is 0.655. The molecule has 0 aliphatic rings. The zero-order valence-electron chi connectivity index (χ0n) is 12.3. The molecule has 2 aromatic heterocycles. The molecule has 2 heterocycles. The number of aryl methyl sites for hydroxylation is 2. The van der Waals surface area contributed by atoms with E-state index in [1.54, 1.807) is 6.20 Å². The Kier molecular flexibility index (Phi) is 4.60. The van der Waals surface area contributed by atoms with Crippen LogP contribution < -0.4 is 0 Å². The zero-order chi connectivity index (χ0) is 14.7. The summed E-state index contributed by atoms with van der Waals surface area (Å²) in [6.45, 7) is 8.92. The highest BCUT2D eigenvalue weighted by Gasteiger charge is 2.15. The van der Waals surface area contributed by atoms with Crippen LogP contribution in [0.25, 0.3) is 0 Å². The third kappa shape index (κ3) is 3.10. The average molecular weight is 289 g/mol. The van der Waals surface area contributed by atoms with Crippen LogP contribution in [0.2, 0.25) is 0 Å². The molecule has 2 rings (SSSR count). The third-order valence-electron chi connectivity index (χ3n) is 3.30. The van der Waals surface area contributed by atoms with Gasteiger partial charge in [-0.15, -0.1) is 0 Å². The summed E-state index contributed by atoms with van der Waals surface area (Å²) < 4.78 is 2.15. The number of aromatic nitrogens is 3. The summed E-state index contributed by atoms with van der Waals surface area (Å²) in [7, 11) is 0. The second kappa shape index (κ2) is 6.22. The highest BCUT2D eigenvalue weighted by atomic mass is 32.2. The monoisotopic (exact) mass is 289 g/mol. The van der Waals surface area contributed by atoms with Crippen LogP contribution >= 0.6 is 11.8 Å². The van der Waals surface area contributed by atoms with Crippen molar-refractivity contribution in [2.24, 2.45) is 0 Å². The van der Waals surface area contributed by atoms with Gasteiger partial charge < -0.3 is 4.57 Å². The van der Waals surface area contributed by atoms with E-state index in [4.69, 9.17) is 0 Å². The zero-order valence-corrected chi connectivity index (χ0v) is 13.1. The lowest BCUT2D eigenvalue weighted by Gasteiger charge is -2.05. The quantitative estimate of drug-likeness (QED) is 0.482. The molecule has 0 saturated carbocycles. The van der Waals surface area contributed by atoms with Gasteiger partial charge in [0.2, 0.25) is 0 Å². The summed E-state index contributed by atoms with van der Waals surface area (Å²) in [5.41, 5.74) is 3.90. The molecular weight excluding hydrogens is 270 g/mol. The molecule has 20 heavy (non-hydrogen) atoms. The van der Waals surface area contributed by atoms with Crippen molar-refractivity contribution >= 4 is 17.5 Å². The van der Waals surface area contributed by atoms with Gasteiger partial charge in [-0.05, 0) is 39.8 Å². The molecule has 0 fully saturated rings. The molecule has 2 aromatic rings. The fourth-order valence-corrected chi connectivity index (χ4v) is 3.03. The topological polar surface area (TPSA) is 47.8 Å². The molecule has 106 valence electrons. The van der Waals surface area contributed by atoms with Gasteiger partial charge in [-0.1, -0.05) is 11.8 Å². The number of carbonyl (C=O) groups is 1. The number of carbonyl (C=O) groups excluding carboxylic acids is 1. The lowest BCUT2D eigenvalue weighted by atomic mass is 10.2. The van der Waals surface area contributed by atoms with E-state index in [2.05, 4.69) is 21.5 Å². The normalized spacial score (nSPS) is 10.8. The first-order valence-electron chi connectivity index (χ1n) is 6.65. The lowest BCUT2D eigenvalue weighted by Crippen LogP contribution is -2.06. The van der Waals surface area contributed by atoms with Crippen molar-refractivity contribution < 1.29 is 4.79 Å². The van der Waals surface area contributed by atoms with E-state index in [1.165, 1.54) is 11.8 Å². The van der Waals surface area contributed by atoms with Crippen LogP contribution in [0.4, 0.5) is 0 Å². The molecule has 0 spiro atoms. The molecule has 0 unspecified atom stereocenters. The Morgan fingerprint density at radius 1 is 1.35 bits per heavy atom. The number of Topliss-reactive ketones (excluding diaryl/α,β-unsaturated/α-hetero) is 1. The summed E-state index contributed by atoms with van der Waals surface area (Å²) in [6, 6.07) is 3.82. The maximum absolute atomic E-state index is 12.3. The first-order valence-corrected chi connectivity index (χ1v) is 7.64. The lowest BCUT2D eigenvalue weighted by molar-refractivity contribution is 0.102. The molecule has 5 heteroatoms. The minimum absolute atomic E-state index is 0.132. The Bertz CT molecular complexity index is 634. The van der Waals surface area contributed by atoms with Gasteiger partial charge in [0.1, 0.15) is 0 Å². The van der Waals surface area contributed by atoms with Crippen molar-refractivity contribution in [2.75, 3.05) is 5.75 Å². The maximum Gasteiger partial charge on any atom is 0.188 e. The van der Waals surface area contributed by atoms with Gasteiger partial charge in [-0.3, -0.25) is 4.79 Å². The molecule has 0 radical (unpaired) electrons. The predicted molar refractivity (Wildman–Crippen MR) is 81.4 cm³/mol. The first kappa shape index (κ1) is 14.8. The molecule has 0 bridgehead atoms. The highest BCUT2D eigenvalue weighted by Crippen LogP contribution is 2.19. The van der Waals surface area contributed by atoms with Gasteiger partial charge in [-0.2, -0.15) is 0 Å². The molecule has 0 N–H and O–H groups in total. The maximum atomic E-state index is 12.3. The van der Waals surface area contributed by atoms with Gasteiger partial charge in [-0.25, -0.2) is 9.97 Å². The first-order chi connectivity index (χ1) is 9.52. The molecule has 0 aromatic carbocycles. The summed E-state index contributed by atoms with van der Waals surface area (Å²) in [4.78, 5) is 20.8. The number of rotatable bonds is 5. The summed E-state index contributed by atoms with van der Waals surface area (Å²) in [5.74, 6) is 0.505. The second-order valence-electron chi connectivity index (χ2n) is 4.72. The van der Waals surface area contributed by atoms with E-state index in [0.717, 1.165) is 29.2 Å². The average Bonchev–Trinajstić information content (AvgIpc) is 2.71. The van der Waals surface area contributed by atoms with Gasteiger partial charge in [0.25, 0.3) is 0 Å². The fraction of sp³-hybridized carbons (Fsp3) is 0.400. The Labute approximate surface area is 123 Å². The van der Waals surface area contributed by atoms with E-state index in [1.807, 2.05) is 32.9 Å². The molecule has 0 atom stereocenters. The van der Waals surface area contributed by atoms with Gasteiger partial charge in [0.05, 0.1) is 5.75 Å². The Hall–Kier alpha value is -1.62. The van der Waals surface area contributed by atoms with Crippen LogP contribution in [0.5, 0.6) is 0 Å². The SMILES string of the molecule is CCn1c(C)cc(C(=O)CSc2nccc(C)n2)c1C. The fourth-order valence-electron chi connectivity index (χ4n) is 2.27. The molecular formula is C15H19N3OS.